The molecule has 0 fully saturated rings. The number of nitrogens with one attached hydrogen (secondary N) is 2. The van der Waals surface area contributed by atoms with Crippen molar-refractivity contribution in [3.63, 3.8) is 0 Å². The van der Waals surface area contributed by atoms with Crippen LogP contribution in [0.3, 0.4) is 0 Å². The number of hydrogen-bond acceptors (Lipinski definition) is 3. The van der Waals surface area contributed by atoms with Crippen molar-refractivity contribution in [2.75, 3.05) is 5.32 Å². The molecule has 2 heterocycles. The van der Waals surface area contributed by atoms with E-state index in [1.165, 1.54) is 16.8 Å². The molecule has 2 amide bonds. The smallest absolute Gasteiger partial charge is 0.320 e. The van der Waals surface area contributed by atoms with Gasteiger partial charge in [-0.25, -0.2) is 13.6 Å². The highest BCUT2D eigenvalue weighted by molar-refractivity contribution is 5.89. The summed E-state index contributed by atoms with van der Waals surface area (Å²) in [6.07, 6.45) is 1.64. The summed E-state index contributed by atoms with van der Waals surface area (Å²) in [5.41, 5.74) is 1.16. The molecule has 0 saturated carbocycles. The Morgan fingerprint density at radius 3 is 2.76 bits per heavy atom. The van der Waals surface area contributed by atoms with Gasteiger partial charge in [-0.2, -0.15) is 5.10 Å². The van der Waals surface area contributed by atoms with Gasteiger partial charge >= 0.3 is 6.03 Å². The van der Waals surface area contributed by atoms with Gasteiger partial charge in [0.25, 0.3) is 0 Å². The molecule has 8 heteroatoms. The van der Waals surface area contributed by atoms with E-state index >= 15 is 0 Å². The molecule has 0 spiro atoms. The minimum absolute atomic E-state index is 0.152. The number of hydrogen-bond donors (Lipinski definition) is 2. The van der Waals surface area contributed by atoms with Crippen LogP contribution in [0.2, 0.25) is 0 Å². The van der Waals surface area contributed by atoms with E-state index in [-0.39, 0.29) is 12.1 Å². The Labute approximate surface area is 142 Å². The van der Waals surface area contributed by atoms with Crippen molar-refractivity contribution < 1.29 is 13.6 Å². The van der Waals surface area contributed by atoms with Crippen LogP contribution in [0.15, 0.2) is 48.7 Å². The second kappa shape index (κ2) is 7.08. The Hall–Kier alpha value is -3.29. The number of rotatable bonds is 4. The maximum atomic E-state index is 13.9. The summed E-state index contributed by atoms with van der Waals surface area (Å²) >= 11 is 0. The highest BCUT2D eigenvalue weighted by Gasteiger charge is 2.13. The Morgan fingerprint density at radius 1 is 1.20 bits per heavy atom. The zero-order chi connectivity index (χ0) is 17.8. The first-order chi connectivity index (χ1) is 12.0. The predicted octanol–water partition coefficient (Wildman–Crippen LogP) is 3.08. The maximum absolute atomic E-state index is 13.9. The Bertz CT molecular complexity index is 895. The lowest BCUT2D eigenvalue weighted by molar-refractivity contribution is 0.251. The molecule has 3 aromatic rings. The van der Waals surface area contributed by atoms with Crippen LogP contribution < -0.4 is 10.6 Å². The molecule has 0 bridgehead atoms. The fourth-order valence-electron chi connectivity index (χ4n) is 2.25. The number of benzene rings is 1. The molecular weight excluding hydrogens is 328 g/mol. The van der Waals surface area contributed by atoms with Gasteiger partial charge in [0.05, 0.1) is 17.9 Å². The zero-order valence-electron chi connectivity index (χ0n) is 13.3. The largest absolute Gasteiger partial charge is 0.332 e. The van der Waals surface area contributed by atoms with E-state index in [1.54, 1.807) is 25.4 Å². The van der Waals surface area contributed by atoms with Crippen molar-refractivity contribution >= 4 is 11.8 Å². The van der Waals surface area contributed by atoms with Crippen LogP contribution in [0.4, 0.5) is 19.4 Å². The number of carbonyl (C=O) groups is 1. The third kappa shape index (κ3) is 3.97. The molecule has 0 aliphatic rings. The molecule has 2 N–H and O–H groups in total. The zero-order valence-corrected chi connectivity index (χ0v) is 13.3. The van der Waals surface area contributed by atoms with E-state index < -0.39 is 17.7 Å². The number of pyridine rings is 1. The fraction of sp³-hybridized carbons (Fsp3) is 0.118. The summed E-state index contributed by atoms with van der Waals surface area (Å²) in [6, 6.07) is 9.71. The first kappa shape index (κ1) is 16.6. The van der Waals surface area contributed by atoms with Crippen LogP contribution in [-0.4, -0.2) is 20.8 Å². The second-order valence-corrected chi connectivity index (χ2v) is 5.29. The molecule has 128 valence electrons. The van der Waals surface area contributed by atoms with Crippen LogP contribution in [0, 0.1) is 11.6 Å². The molecule has 0 unspecified atom stereocenters. The molecule has 0 aliphatic carbocycles. The molecule has 3 rings (SSSR count). The van der Waals surface area contributed by atoms with E-state index in [9.17, 15) is 13.6 Å². The monoisotopic (exact) mass is 343 g/mol. The second-order valence-electron chi connectivity index (χ2n) is 5.29. The molecule has 0 aliphatic heterocycles. The van der Waals surface area contributed by atoms with Crippen molar-refractivity contribution in [2.45, 2.75) is 6.54 Å². The number of anilines is 1. The average molecular weight is 343 g/mol. The quantitative estimate of drug-likeness (QED) is 0.765. The average Bonchev–Trinajstić information content (AvgIpc) is 2.94. The molecule has 1 aromatic carbocycles. The number of amides is 2. The van der Waals surface area contributed by atoms with Crippen molar-refractivity contribution in [1.82, 2.24) is 20.1 Å². The van der Waals surface area contributed by atoms with Gasteiger partial charge < -0.3 is 5.32 Å². The number of urea groups is 1. The van der Waals surface area contributed by atoms with Crippen molar-refractivity contribution in [1.29, 1.82) is 0 Å². The normalized spacial score (nSPS) is 10.5. The van der Waals surface area contributed by atoms with Gasteiger partial charge in [-0.15, -0.1) is 0 Å². The van der Waals surface area contributed by atoms with Gasteiger partial charge in [-0.3, -0.25) is 15.0 Å². The summed E-state index contributed by atoms with van der Waals surface area (Å²) in [7, 11) is 1.61. The van der Waals surface area contributed by atoms with Gasteiger partial charge in [-0.05, 0) is 24.3 Å². The molecule has 0 radical (unpaired) electrons. The van der Waals surface area contributed by atoms with E-state index in [0.717, 1.165) is 17.8 Å². The standard InChI is InChI=1S/C17H15F2N5O/c1-24-16(22-17(25)21-10-12-4-2-3-7-20-12)9-15(23-24)13-6-5-11(18)8-14(13)19/h2-9H,10H2,1H3,(H2,21,22,25). The van der Waals surface area contributed by atoms with Gasteiger partial charge in [0, 0.05) is 30.9 Å². The van der Waals surface area contributed by atoms with Crippen LogP contribution in [0.5, 0.6) is 0 Å². The highest BCUT2D eigenvalue weighted by Crippen LogP contribution is 2.24. The SMILES string of the molecule is Cn1nc(-c2ccc(F)cc2F)cc1NC(=O)NCc1ccccn1. The van der Waals surface area contributed by atoms with Crippen LogP contribution >= 0.6 is 0 Å². The number of aryl methyl sites for hydroxylation is 1. The van der Waals surface area contributed by atoms with Gasteiger partial charge in [0.15, 0.2) is 0 Å². The lowest BCUT2D eigenvalue weighted by atomic mass is 10.1. The Morgan fingerprint density at radius 2 is 2.04 bits per heavy atom. The Balaban J connectivity index is 1.69. The predicted molar refractivity (Wildman–Crippen MR) is 88.7 cm³/mol. The molecule has 2 aromatic heterocycles. The van der Waals surface area contributed by atoms with Gasteiger partial charge in [0.1, 0.15) is 17.5 Å². The molecule has 0 atom stereocenters. The van der Waals surface area contributed by atoms with Crippen molar-refractivity contribution in [2.24, 2.45) is 7.05 Å². The molecule has 25 heavy (non-hydrogen) atoms. The maximum Gasteiger partial charge on any atom is 0.320 e. The molecular formula is C17H15F2N5O. The van der Waals surface area contributed by atoms with E-state index in [2.05, 4.69) is 20.7 Å². The van der Waals surface area contributed by atoms with Crippen molar-refractivity contribution in [3.05, 3.63) is 66.0 Å². The fourth-order valence-corrected chi connectivity index (χ4v) is 2.25. The first-order valence-corrected chi connectivity index (χ1v) is 7.47. The summed E-state index contributed by atoms with van der Waals surface area (Å²) in [6.45, 7) is 0.268. The van der Waals surface area contributed by atoms with Crippen molar-refractivity contribution in [3.8, 4) is 11.3 Å². The third-order valence-electron chi connectivity index (χ3n) is 3.48. The van der Waals surface area contributed by atoms with Gasteiger partial charge in [-0.1, -0.05) is 6.07 Å². The number of halogens is 2. The van der Waals surface area contributed by atoms with Gasteiger partial charge in [0.2, 0.25) is 0 Å². The summed E-state index contributed by atoms with van der Waals surface area (Å²) < 4.78 is 28.3. The van der Waals surface area contributed by atoms with E-state index in [0.29, 0.717) is 11.5 Å². The minimum atomic E-state index is -0.718. The summed E-state index contributed by atoms with van der Waals surface area (Å²) in [5, 5.41) is 9.43. The number of aromatic nitrogens is 3. The number of carbonyl (C=O) groups excluding carboxylic acids is 1. The van der Waals surface area contributed by atoms with E-state index in [4.69, 9.17) is 0 Å². The van der Waals surface area contributed by atoms with E-state index in [1.807, 2.05) is 6.07 Å². The third-order valence-corrected chi connectivity index (χ3v) is 3.48. The first-order valence-electron chi connectivity index (χ1n) is 7.47. The lowest BCUT2D eigenvalue weighted by Crippen LogP contribution is -2.29. The molecule has 0 saturated heterocycles. The van der Waals surface area contributed by atoms with Crippen LogP contribution in [0.25, 0.3) is 11.3 Å². The highest BCUT2D eigenvalue weighted by atomic mass is 19.1. The lowest BCUT2D eigenvalue weighted by Gasteiger charge is -2.06. The number of nitrogens with zero attached hydrogens (tertiary/aromatic N) is 3. The van der Waals surface area contributed by atoms with Crippen LogP contribution in [0.1, 0.15) is 5.69 Å². The summed E-state index contributed by atoms with van der Waals surface area (Å²) in [4.78, 5) is 16.1. The minimum Gasteiger partial charge on any atom is -0.332 e. The van der Waals surface area contributed by atoms with Crippen LogP contribution in [-0.2, 0) is 13.6 Å². The Kier molecular flexibility index (Phi) is 4.69. The summed E-state index contributed by atoms with van der Waals surface area (Å²) in [5.74, 6) is -1.01. The molecule has 6 nitrogen and oxygen atoms in total. The topological polar surface area (TPSA) is 71.8 Å².